The fourth-order valence-corrected chi connectivity index (χ4v) is 1.10. The van der Waals surface area contributed by atoms with E-state index in [4.69, 9.17) is 0 Å². The van der Waals surface area contributed by atoms with Gasteiger partial charge in [-0.25, -0.2) is 0 Å². The number of carbonyl (C=O) groups excluding carboxylic acids is 1. The van der Waals surface area contributed by atoms with E-state index in [-0.39, 0.29) is 5.78 Å². The second kappa shape index (κ2) is 2.65. The Balaban J connectivity index is 2.91. The largest absolute Gasteiger partial charge is 0.292 e. The van der Waals surface area contributed by atoms with Crippen molar-refractivity contribution < 1.29 is 4.79 Å². The molecule has 0 unspecified atom stereocenters. The molecule has 0 aromatic carbocycles. The molecule has 48 valence electrons. The lowest BCUT2D eigenvalue weighted by molar-refractivity contribution is -0.113. The molecule has 0 aromatic heterocycles. The van der Waals surface area contributed by atoms with Crippen LogP contribution in [0.5, 0.6) is 0 Å². The second-order valence-electron chi connectivity index (χ2n) is 1.58. The van der Waals surface area contributed by atoms with Crippen molar-refractivity contribution in [3.05, 3.63) is 12.3 Å². The zero-order valence-corrected chi connectivity index (χ0v) is 8.66. The van der Waals surface area contributed by atoms with Gasteiger partial charge >= 0.3 is 0 Å². The highest BCUT2D eigenvalue weighted by atomic mass is 127. The first-order chi connectivity index (χ1) is 4.13. The SMILES string of the molecule is O=C1C=CN=CC1(I)I. The number of halogens is 2. The molecule has 0 radical (unpaired) electrons. The molecule has 0 aromatic rings. The third kappa shape index (κ3) is 1.73. The van der Waals surface area contributed by atoms with E-state index >= 15 is 0 Å². The van der Waals surface area contributed by atoms with Crippen molar-refractivity contribution in [3.8, 4) is 0 Å². The Morgan fingerprint density at radius 2 is 2.22 bits per heavy atom. The average molecular weight is 347 g/mol. The van der Waals surface area contributed by atoms with Crippen molar-refractivity contribution in [2.45, 2.75) is 1.43 Å². The molecule has 2 nitrogen and oxygen atoms in total. The molecular formula is C5H3I2NO. The predicted molar refractivity (Wildman–Crippen MR) is 53.4 cm³/mol. The van der Waals surface area contributed by atoms with Crippen molar-refractivity contribution in [1.82, 2.24) is 0 Å². The number of aliphatic imine (C=N–C) groups is 1. The average Bonchev–Trinajstić information content (AvgIpc) is 1.77. The molecule has 9 heavy (non-hydrogen) atoms. The smallest absolute Gasteiger partial charge is 0.188 e. The molecular weight excluding hydrogens is 344 g/mol. The molecule has 0 saturated carbocycles. The van der Waals surface area contributed by atoms with Crippen LogP contribution >= 0.6 is 45.2 Å². The number of allylic oxidation sites excluding steroid dienone is 1. The lowest BCUT2D eigenvalue weighted by Crippen LogP contribution is -2.25. The maximum Gasteiger partial charge on any atom is 0.188 e. The Kier molecular flexibility index (Phi) is 2.25. The van der Waals surface area contributed by atoms with E-state index in [0.29, 0.717) is 0 Å². The monoisotopic (exact) mass is 347 g/mol. The maximum absolute atomic E-state index is 10.9. The fraction of sp³-hybridized carbons (Fsp3) is 0.200. The van der Waals surface area contributed by atoms with Crippen LogP contribution in [0.25, 0.3) is 0 Å². The third-order valence-electron chi connectivity index (χ3n) is 0.877. The lowest BCUT2D eigenvalue weighted by atomic mass is 10.3. The Bertz CT molecular complexity index is 195. The summed E-state index contributed by atoms with van der Waals surface area (Å²) in [5.74, 6) is 0.0960. The number of ketones is 1. The van der Waals surface area contributed by atoms with Gasteiger partial charge < -0.3 is 0 Å². The topological polar surface area (TPSA) is 29.4 Å². The Morgan fingerprint density at radius 1 is 1.56 bits per heavy atom. The van der Waals surface area contributed by atoms with Crippen molar-refractivity contribution in [3.63, 3.8) is 0 Å². The summed E-state index contributed by atoms with van der Waals surface area (Å²) < 4.78 is -0.440. The van der Waals surface area contributed by atoms with Crippen LogP contribution in [-0.4, -0.2) is 13.4 Å². The molecule has 0 fully saturated rings. The summed E-state index contributed by atoms with van der Waals surface area (Å²) in [6.45, 7) is 0. The highest BCUT2D eigenvalue weighted by Gasteiger charge is 2.28. The molecule has 1 rings (SSSR count). The minimum Gasteiger partial charge on any atom is -0.292 e. The zero-order valence-electron chi connectivity index (χ0n) is 4.34. The van der Waals surface area contributed by atoms with E-state index in [1.807, 2.05) is 0 Å². The van der Waals surface area contributed by atoms with E-state index in [1.165, 1.54) is 12.3 Å². The quantitative estimate of drug-likeness (QED) is 0.485. The van der Waals surface area contributed by atoms with Crippen LogP contribution in [-0.2, 0) is 4.79 Å². The second-order valence-corrected chi connectivity index (χ2v) is 7.05. The van der Waals surface area contributed by atoms with E-state index in [0.717, 1.165) is 0 Å². The number of nitrogens with zero attached hydrogens (tertiary/aromatic N) is 1. The summed E-state index contributed by atoms with van der Waals surface area (Å²) >= 11 is 4.11. The van der Waals surface area contributed by atoms with E-state index in [2.05, 4.69) is 50.2 Å². The molecule has 0 aliphatic carbocycles. The van der Waals surface area contributed by atoms with Crippen molar-refractivity contribution in [1.29, 1.82) is 0 Å². The normalized spacial score (nSPS) is 22.7. The van der Waals surface area contributed by atoms with Crippen LogP contribution in [0.4, 0.5) is 0 Å². The summed E-state index contributed by atoms with van der Waals surface area (Å²) in [5.41, 5.74) is 0. The van der Waals surface area contributed by atoms with Gasteiger partial charge in [0.15, 0.2) is 7.21 Å². The molecule has 1 aliphatic rings. The van der Waals surface area contributed by atoms with Gasteiger partial charge in [0.2, 0.25) is 0 Å². The van der Waals surface area contributed by atoms with Gasteiger partial charge in [-0.05, 0) is 0 Å². The van der Waals surface area contributed by atoms with Crippen molar-refractivity contribution >= 4 is 57.2 Å². The number of hydrogen-bond acceptors (Lipinski definition) is 2. The fourth-order valence-electron chi connectivity index (χ4n) is 0.422. The van der Waals surface area contributed by atoms with E-state index < -0.39 is 1.43 Å². The van der Waals surface area contributed by atoms with Crippen LogP contribution in [0.2, 0.25) is 0 Å². The molecule has 0 bridgehead atoms. The summed E-state index contributed by atoms with van der Waals surface area (Å²) in [5, 5.41) is 0. The van der Waals surface area contributed by atoms with E-state index in [9.17, 15) is 4.79 Å². The predicted octanol–water partition coefficient (Wildman–Crippen LogP) is 1.72. The third-order valence-corrected chi connectivity index (χ3v) is 2.50. The lowest BCUT2D eigenvalue weighted by Gasteiger charge is -2.11. The number of alkyl halides is 2. The van der Waals surface area contributed by atoms with Gasteiger partial charge in [0.25, 0.3) is 0 Å². The Hall–Kier alpha value is 0.540. The zero-order chi connectivity index (χ0) is 6.91. The highest BCUT2D eigenvalue weighted by Crippen LogP contribution is 2.28. The molecule has 0 atom stereocenters. The van der Waals surface area contributed by atoms with Crippen LogP contribution in [0, 0.1) is 0 Å². The summed E-state index contributed by atoms with van der Waals surface area (Å²) in [7, 11) is 0. The maximum atomic E-state index is 10.9. The molecule has 1 heterocycles. The minimum absolute atomic E-state index is 0.0960. The van der Waals surface area contributed by atoms with Gasteiger partial charge in [-0.3, -0.25) is 9.79 Å². The number of carbonyl (C=O) groups is 1. The van der Waals surface area contributed by atoms with Gasteiger partial charge in [-0.2, -0.15) is 0 Å². The van der Waals surface area contributed by atoms with Gasteiger partial charge in [-0.15, -0.1) is 0 Å². The first kappa shape index (κ1) is 7.64. The first-order valence-electron chi connectivity index (χ1n) is 2.26. The van der Waals surface area contributed by atoms with Gasteiger partial charge in [0.05, 0.1) is 0 Å². The minimum atomic E-state index is -0.440. The number of hydrogen-bond donors (Lipinski definition) is 0. The molecule has 0 saturated heterocycles. The van der Waals surface area contributed by atoms with Gasteiger partial charge in [0.1, 0.15) is 0 Å². The van der Waals surface area contributed by atoms with Crippen molar-refractivity contribution in [2.24, 2.45) is 4.99 Å². The molecule has 0 amide bonds. The molecule has 0 N–H and O–H groups in total. The van der Waals surface area contributed by atoms with Crippen LogP contribution < -0.4 is 0 Å². The van der Waals surface area contributed by atoms with Crippen molar-refractivity contribution in [2.75, 3.05) is 0 Å². The summed E-state index contributed by atoms with van der Waals surface area (Å²) in [6, 6.07) is 0. The summed E-state index contributed by atoms with van der Waals surface area (Å²) in [6.07, 6.45) is 4.63. The van der Waals surface area contributed by atoms with Crippen LogP contribution in [0.15, 0.2) is 17.3 Å². The van der Waals surface area contributed by atoms with Gasteiger partial charge in [-0.1, -0.05) is 45.2 Å². The molecule has 0 spiro atoms. The Morgan fingerprint density at radius 3 is 2.56 bits per heavy atom. The van der Waals surface area contributed by atoms with E-state index in [1.54, 1.807) is 6.21 Å². The first-order valence-corrected chi connectivity index (χ1v) is 4.42. The molecule has 4 heteroatoms. The van der Waals surface area contributed by atoms with Crippen LogP contribution in [0.3, 0.4) is 0 Å². The highest BCUT2D eigenvalue weighted by molar-refractivity contribution is 14.2. The standard InChI is InChI=1S/C5H3I2NO/c6-5(7)3-8-2-1-4(5)9/h1-3H. The Labute approximate surface area is 80.1 Å². The molecule has 1 aliphatic heterocycles. The van der Waals surface area contributed by atoms with Crippen LogP contribution in [0.1, 0.15) is 0 Å². The summed E-state index contributed by atoms with van der Waals surface area (Å²) in [4.78, 5) is 14.8. The van der Waals surface area contributed by atoms with Gasteiger partial charge in [0, 0.05) is 18.5 Å². The number of rotatable bonds is 0.